The molecule has 0 fully saturated rings. The van der Waals surface area contributed by atoms with Gasteiger partial charge in [0.25, 0.3) is 17.6 Å². The van der Waals surface area contributed by atoms with Crippen molar-refractivity contribution < 1.29 is 28.6 Å². The first-order valence-corrected chi connectivity index (χ1v) is 9.07. The van der Waals surface area contributed by atoms with Gasteiger partial charge in [0.1, 0.15) is 12.3 Å². The van der Waals surface area contributed by atoms with Gasteiger partial charge in [-0.25, -0.2) is 4.98 Å². The summed E-state index contributed by atoms with van der Waals surface area (Å²) in [6, 6.07) is 6.32. The number of hydrogen-bond donors (Lipinski definition) is 1. The maximum Gasteiger partial charge on any atom is 0.374 e. The molecule has 1 aromatic carbocycles. The summed E-state index contributed by atoms with van der Waals surface area (Å²) in [7, 11) is 5.07. The molecule has 11 heteroatoms. The lowest BCUT2D eigenvalue weighted by molar-refractivity contribution is -0.146. The molecule has 146 valence electrons. The van der Waals surface area contributed by atoms with Gasteiger partial charge in [-0.15, -0.1) is 0 Å². The van der Waals surface area contributed by atoms with E-state index < -0.39 is 36.7 Å². The summed E-state index contributed by atoms with van der Waals surface area (Å²) in [5.74, 6) is -2.76. The smallest absolute Gasteiger partial charge is 0.374 e. The zero-order chi connectivity index (χ0) is 21.1. The first-order chi connectivity index (χ1) is 13.8. The van der Waals surface area contributed by atoms with Crippen molar-refractivity contribution in [3.8, 4) is 0 Å². The Morgan fingerprint density at radius 3 is 2.76 bits per heavy atom. The van der Waals surface area contributed by atoms with Crippen molar-refractivity contribution in [1.29, 1.82) is 0 Å². The molecule has 0 bridgehead atoms. The number of aryl methyl sites for hydroxylation is 1. The number of ketones is 1. The zero-order valence-corrected chi connectivity index (χ0v) is 16.1. The minimum Gasteiger partial charge on any atom is -0.567 e. The summed E-state index contributed by atoms with van der Waals surface area (Å²) >= 11 is 1.10. The zero-order valence-electron chi connectivity index (χ0n) is 15.3. The van der Waals surface area contributed by atoms with Gasteiger partial charge in [-0.05, 0) is 19.1 Å². The molecule has 0 atom stereocenters. The normalized spacial score (nSPS) is 12.5. The van der Waals surface area contributed by atoms with Gasteiger partial charge in [0.2, 0.25) is 0 Å². The Bertz CT molecular complexity index is 1030. The van der Waals surface area contributed by atoms with Crippen molar-refractivity contribution in [1.82, 2.24) is 4.98 Å². The molecule has 1 aromatic heterocycles. The van der Waals surface area contributed by atoms with Crippen LogP contribution in [0.15, 0.2) is 30.8 Å². The highest BCUT2D eigenvalue weighted by Crippen LogP contribution is 2.29. The van der Waals surface area contributed by atoms with Crippen LogP contribution in [0.25, 0.3) is 5.76 Å². The molecule has 3 rings (SSSR count). The summed E-state index contributed by atoms with van der Waals surface area (Å²) in [4.78, 5) is 53.7. The van der Waals surface area contributed by atoms with Crippen molar-refractivity contribution in [2.75, 3.05) is 23.4 Å². The number of fused-ring (bicyclic) bond motifs is 1. The first-order valence-electron chi connectivity index (χ1n) is 8.26. The van der Waals surface area contributed by atoms with E-state index in [1.165, 1.54) is 6.07 Å². The molecule has 0 aliphatic carbocycles. The van der Waals surface area contributed by atoms with Crippen LogP contribution >= 0.6 is 11.3 Å². The number of esters is 1. The van der Waals surface area contributed by atoms with Gasteiger partial charge < -0.3 is 9.39 Å². The number of rotatable bonds is 7. The van der Waals surface area contributed by atoms with Crippen molar-refractivity contribution in [2.24, 2.45) is 0 Å². The van der Waals surface area contributed by atoms with E-state index in [0.717, 1.165) is 16.2 Å². The molecule has 29 heavy (non-hydrogen) atoms. The predicted octanol–water partition coefficient (Wildman–Crippen LogP) is 1.23. The fraction of sp³-hybridized carbons (Fsp3) is 0.167. The lowest BCUT2D eigenvalue weighted by atomic mass is 10.1. The molecule has 2 radical (unpaired) electrons. The molecule has 2 aromatic rings. The number of nitrogens with one attached hydrogen (secondary N) is 1. The minimum absolute atomic E-state index is 0.206. The predicted molar refractivity (Wildman–Crippen MR) is 105 cm³/mol. The Kier molecular flexibility index (Phi) is 5.78. The largest absolute Gasteiger partial charge is 0.567 e. The third kappa shape index (κ3) is 4.19. The van der Waals surface area contributed by atoms with E-state index in [9.17, 15) is 19.2 Å². The van der Waals surface area contributed by atoms with Crippen molar-refractivity contribution in [2.45, 2.75) is 6.92 Å². The average molecular weight is 411 g/mol. The Hall–Kier alpha value is -3.47. The van der Waals surface area contributed by atoms with Crippen molar-refractivity contribution in [3.63, 3.8) is 0 Å². The van der Waals surface area contributed by atoms with Gasteiger partial charge in [-0.2, -0.15) is 0 Å². The molecule has 0 unspecified atom stereocenters. The SMILES string of the molecule is [B]OC(=C)c1sc(NC(=O)COC(=O)CN2C(=O)C(=O)c3ccccc32)nc1C. The topological polar surface area (TPSA) is 115 Å². The number of carbonyl (C=O) groups excluding carboxylic acids is 4. The molecular formula is C18H14BN3O6S. The summed E-state index contributed by atoms with van der Waals surface area (Å²) in [5, 5.41) is 2.74. The standard InChI is InChI=1S/C18H14BN3O6S/c1-9-16(10(2)28-19)29-18(20-9)21-13(23)8-27-14(24)7-22-12-6-4-3-5-11(12)15(25)17(22)26/h3-6H,2,7-8H2,1H3,(H,20,21,23). The third-order valence-electron chi connectivity index (χ3n) is 3.97. The number of aromatic nitrogens is 1. The van der Waals surface area contributed by atoms with E-state index in [-0.39, 0.29) is 16.5 Å². The van der Waals surface area contributed by atoms with Gasteiger partial charge in [-0.3, -0.25) is 29.4 Å². The summed E-state index contributed by atoms with van der Waals surface area (Å²) in [5.41, 5.74) is 1.12. The number of carbonyl (C=O) groups is 4. The monoisotopic (exact) mass is 411 g/mol. The maximum atomic E-state index is 12.0. The average Bonchev–Trinajstić information content (AvgIpc) is 3.18. The number of hydrogen-bond acceptors (Lipinski definition) is 8. The number of anilines is 2. The highest BCUT2D eigenvalue weighted by atomic mass is 32.1. The third-order valence-corrected chi connectivity index (χ3v) is 5.08. The number of benzene rings is 1. The number of ether oxygens (including phenoxy) is 1. The highest BCUT2D eigenvalue weighted by molar-refractivity contribution is 7.16. The van der Waals surface area contributed by atoms with Crippen LogP contribution in [0.4, 0.5) is 10.8 Å². The second-order valence-electron chi connectivity index (χ2n) is 5.92. The van der Waals surface area contributed by atoms with Crippen molar-refractivity contribution >= 4 is 59.5 Å². The summed E-state index contributed by atoms with van der Waals surface area (Å²) in [6.07, 6.45) is 0. The number of nitrogens with zero attached hydrogens (tertiary/aromatic N) is 2. The molecular weight excluding hydrogens is 397 g/mol. The molecule has 1 aliphatic heterocycles. The fourth-order valence-corrected chi connectivity index (χ4v) is 3.54. The first kappa shape index (κ1) is 20.3. The van der Waals surface area contributed by atoms with E-state index in [1.54, 1.807) is 25.1 Å². The van der Waals surface area contributed by atoms with Crippen molar-refractivity contribution in [3.05, 3.63) is 47.0 Å². The van der Waals surface area contributed by atoms with E-state index in [0.29, 0.717) is 16.3 Å². The van der Waals surface area contributed by atoms with Crippen LogP contribution in [0.1, 0.15) is 20.9 Å². The van der Waals surface area contributed by atoms with Gasteiger partial charge in [0, 0.05) is 0 Å². The summed E-state index contributed by atoms with van der Waals surface area (Å²) < 4.78 is 9.46. The molecule has 0 spiro atoms. The molecule has 0 saturated carbocycles. The minimum atomic E-state index is -0.834. The van der Waals surface area contributed by atoms with Crippen LogP contribution in [-0.4, -0.2) is 49.8 Å². The van der Waals surface area contributed by atoms with E-state index >= 15 is 0 Å². The Morgan fingerprint density at radius 2 is 2.03 bits per heavy atom. The van der Waals surface area contributed by atoms with Crippen LogP contribution in [0, 0.1) is 6.92 Å². The van der Waals surface area contributed by atoms with Gasteiger partial charge in [0.05, 0.1) is 21.8 Å². The molecule has 9 nitrogen and oxygen atoms in total. The molecule has 1 N–H and O–H groups in total. The number of thiazole rings is 1. The van der Waals surface area contributed by atoms with Gasteiger partial charge >= 0.3 is 14.0 Å². The lowest BCUT2D eigenvalue weighted by Crippen LogP contribution is -2.36. The Morgan fingerprint density at radius 1 is 1.31 bits per heavy atom. The van der Waals surface area contributed by atoms with Gasteiger partial charge in [-0.1, -0.05) is 30.0 Å². The van der Waals surface area contributed by atoms with Crippen LogP contribution in [0.5, 0.6) is 0 Å². The highest BCUT2D eigenvalue weighted by Gasteiger charge is 2.36. The Balaban J connectivity index is 1.55. The van der Waals surface area contributed by atoms with E-state index in [1.807, 2.05) is 0 Å². The number of amides is 2. The quantitative estimate of drug-likeness (QED) is 0.315. The molecule has 2 heterocycles. The Labute approximate surface area is 170 Å². The molecule has 0 saturated heterocycles. The fourth-order valence-electron chi connectivity index (χ4n) is 2.64. The second-order valence-corrected chi connectivity index (χ2v) is 6.92. The van der Waals surface area contributed by atoms with Gasteiger partial charge in [0.15, 0.2) is 11.7 Å². The molecule has 1 aliphatic rings. The van der Waals surface area contributed by atoms with Crippen LogP contribution in [0.3, 0.4) is 0 Å². The second kappa shape index (κ2) is 8.27. The summed E-state index contributed by atoms with van der Waals surface area (Å²) in [6.45, 7) is 4.24. The van der Waals surface area contributed by atoms with Crippen LogP contribution in [-0.2, 0) is 23.8 Å². The lowest BCUT2D eigenvalue weighted by Gasteiger charge is -2.15. The molecule has 2 amide bonds. The number of para-hydroxylation sites is 1. The van der Waals surface area contributed by atoms with E-state index in [4.69, 9.17) is 12.8 Å². The van der Waals surface area contributed by atoms with E-state index in [2.05, 4.69) is 21.5 Å². The maximum absolute atomic E-state index is 12.0. The van der Waals surface area contributed by atoms with Crippen LogP contribution in [0.2, 0.25) is 0 Å². The van der Waals surface area contributed by atoms with Crippen LogP contribution < -0.4 is 10.2 Å². The number of Topliss-reactive ketones (excluding diaryl/α,β-unsaturated/α-hetero) is 1.